The second kappa shape index (κ2) is 8.40. The Morgan fingerprint density at radius 3 is 2.38 bits per heavy atom. The third-order valence-electron chi connectivity index (χ3n) is 3.83. The lowest BCUT2D eigenvalue weighted by Crippen LogP contribution is -2.27. The van der Waals surface area contributed by atoms with Crippen molar-refractivity contribution >= 4 is 28.3 Å². The van der Waals surface area contributed by atoms with Crippen molar-refractivity contribution < 1.29 is 9.59 Å². The molecule has 0 aliphatic carbocycles. The van der Waals surface area contributed by atoms with Crippen LogP contribution in [0.1, 0.15) is 21.6 Å². The monoisotopic (exact) mass is 365 g/mol. The van der Waals surface area contributed by atoms with Crippen molar-refractivity contribution in [3.63, 3.8) is 0 Å². The molecule has 3 rings (SSSR count). The van der Waals surface area contributed by atoms with Gasteiger partial charge in [0.2, 0.25) is 5.91 Å². The highest BCUT2D eigenvalue weighted by atomic mass is 32.1. The van der Waals surface area contributed by atoms with Crippen molar-refractivity contribution in [1.82, 2.24) is 9.88 Å². The predicted octanol–water partition coefficient (Wildman–Crippen LogP) is 3.60. The molecule has 1 heterocycles. The van der Waals surface area contributed by atoms with Gasteiger partial charge in [-0.25, -0.2) is 4.98 Å². The maximum absolute atomic E-state index is 12.4. The molecular formula is C20H19N3O2S. The van der Waals surface area contributed by atoms with Crippen molar-refractivity contribution in [1.29, 1.82) is 0 Å². The molecule has 6 heteroatoms. The van der Waals surface area contributed by atoms with Gasteiger partial charge >= 0.3 is 0 Å². The number of carbonyl (C=O) groups is 2. The molecule has 0 aliphatic heterocycles. The van der Waals surface area contributed by atoms with Gasteiger partial charge in [-0.3, -0.25) is 14.9 Å². The zero-order valence-electron chi connectivity index (χ0n) is 14.4. The van der Waals surface area contributed by atoms with E-state index in [1.807, 2.05) is 48.5 Å². The van der Waals surface area contributed by atoms with Crippen molar-refractivity contribution in [2.75, 3.05) is 12.4 Å². The largest absolute Gasteiger partial charge is 0.341 e. The highest BCUT2D eigenvalue weighted by Gasteiger charge is 2.14. The normalized spacial score (nSPS) is 10.3. The van der Waals surface area contributed by atoms with Crippen molar-refractivity contribution in [2.24, 2.45) is 0 Å². The summed E-state index contributed by atoms with van der Waals surface area (Å²) in [5, 5.41) is 5.06. The Morgan fingerprint density at radius 2 is 1.69 bits per heavy atom. The first-order chi connectivity index (χ1) is 12.6. The summed E-state index contributed by atoms with van der Waals surface area (Å²) >= 11 is 1.32. The number of rotatable bonds is 6. The number of carbonyl (C=O) groups excluding carboxylic acids is 2. The van der Waals surface area contributed by atoms with Crippen LogP contribution in [0.25, 0.3) is 0 Å². The number of likely N-dealkylation sites (N-methyl/N-ethyl adjacent to an activating group) is 1. The molecule has 132 valence electrons. The van der Waals surface area contributed by atoms with Gasteiger partial charge in [0.05, 0.1) is 12.1 Å². The molecule has 2 amide bonds. The Morgan fingerprint density at radius 1 is 1.04 bits per heavy atom. The molecule has 0 atom stereocenters. The Bertz CT molecular complexity index is 878. The van der Waals surface area contributed by atoms with E-state index >= 15 is 0 Å². The number of benzene rings is 2. The summed E-state index contributed by atoms with van der Waals surface area (Å²) in [5.74, 6) is -0.223. The van der Waals surface area contributed by atoms with Crippen LogP contribution in [0.3, 0.4) is 0 Å². The summed E-state index contributed by atoms with van der Waals surface area (Å²) < 4.78 is 0. The number of hydrogen-bond donors (Lipinski definition) is 1. The molecule has 2 aromatic carbocycles. The molecule has 0 aliphatic rings. The molecule has 0 unspecified atom stereocenters. The molecule has 1 aromatic heterocycles. The SMILES string of the molecule is CN(Cc1ccccc1)C(=O)Cc1csc(NC(=O)c2ccccc2)n1. The number of nitrogens with zero attached hydrogens (tertiary/aromatic N) is 2. The highest BCUT2D eigenvalue weighted by Crippen LogP contribution is 2.17. The number of thiazole rings is 1. The van der Waals surface area contributed by atoms with Gasteiger partial charge in [-0.15, -0.1) is 11.3 Å². The topological polar surface area (TPSA) is 62.3 Å². The van der Waals surface area contributed by atoms with E-state index in [4.69, 9.17) is 0 Å². The van der Waals surface area contributed by atoms with Gasteiger partial charge in [-0.1, -0.05) is 48.5 Å². The van der Waals surface area contributed by atoms with Crippen molar-refractivity contribution in [3.8, 4) is 0 Å². The van der Waals surface area contributed by atoms with E-state index in [0.29, 0.717) is 22.9 Å². The second-order valence-corrected chi connectivity index (χ2v) is 6.73. The lowest BCUT2D eigenvalue weighted by molar-refractivity contribution is -0.129. The first kappa shape index (κ1) is 17.8. The van der Waals surface area contributed by atoms with Crippen LogP contribution >= 0.6 is 11.3 Å². The molecule has 3 aromatic rings. The molecule has 0 radical (unpaired) electrons. The molecule has 26 heavy (non-hydrogen) atoms. The molecule has 0 saturated carbocycles. The van der Waals surface area contributed by atoms with Crippen LogP contribution in [-0.4, -0.2) is 28.7 Å². The summed E-state index contributed by atoms with van der Waals surface area (Å²) in [4.78, 5) is 30.5. The van der Waals surface area contributed by atoms with E-state index in [2.05, 4.69) is 10.3 Å². The number of amides is 2. The maximum Gasteiger partial charge on any atom is 0.257 e. The Labute approximate surface area is 156 Å². The van der Waals surface area contributed by atoms with Gasteiger partial charge in [-0.05, 0) is 17.7 Å². The Balaban J connectivity index is 1.56. The van der Waals surface area contributed by atoms with E-state index in [-0.39, 0.29) is 18.2 Å². The minimum absolute atomic E-state index is 0.0138. The van der Waals surface area contributed by atoms with Gasteiger partial charge < -0.3 is 4.90 Å². The van der Waals surface area contributed by atoms with Gasteiger partial charge in [0.1, 0.15) is 0 Å². The van der Waals surface area contributed by atoms with Gasteiger partial charge in [0.25, 0.3) is 5.91 Å². The third-order valence-corrected chi connectivity index (χ3v) is 4.64. The van der Waals surface area contributed by atoms with E-state index in [1.165, 1.54) is 11.3 Å². The van der Waals surface area contributed by atoms with Crippen LogP contribution in [-0.2, 0) is 17.8 Å². The number of anilines is 1. The quantitative estimate of drug-likeness (QED) is 0.726. The van der Waals surface area contributed by atoms with E-state index < -0.39 is 0 Å². The zero-order valence-corrected chi connectivity index (χ0v) is 15.2. The molecule has 0 saturated heterocycles. The van der Waals surface area contributed by atoms with Crippen LogP contribution < -0.4 is 5.32 Å². The smallest absolute Gasteiger partial charge is 0.257 e. The summed E-state index contributed by atoms with van der Waals surface area (Å²) in [6.45, 7) is 0.557. The van der Waals surface area contributed by atoms with Gasteiger partial charge in [-0.2, -0.15) is 0 Å². The van der Waals surface area contributed by atoms with Crippen molar-refractivity contribution in [2.45, 2.75) is 13.0 Å². The predicted molar refractivity (Wildman–Crippen MR) is 103 cm³/mol. The van der Waals surface area contributed by atoms with E-state index in [1.54, 1.807) is 29.5 Å². The standard InChI is InChI=1S/C20H19N3O2S/c1-23(13-15-8-4-2-5-9-15)18(24)12-17-14-26-20(21-17)22-19(25)16-10-6-3-7-11-16/h2-11,14H,12-13H2,1H3,(H,21,22,25). The van der Waals surface area contributed by atoms with E-state index in [0.717, 1.165) is 5.56 Å². The number of hydrogen-bond acceptors (Lipinski definition) is 4. The summed E-state index contributed by atoms with van der Waals surface area (Å²) in [5.41, 5.74) is 2.31. The molecule has 0 bridgehead atoms. The lowest BCUT2D eigenvalue weighted by atomic mass is 10.2. The second-order valence-electron chi connectivity index (χ2n) is 5.88. The zero-order chi connectivity index (χ0) is 18.4. The summed E-state index contributed by atoms with van der Waals surface area (Å²) in [6, 6.07) is 18.8. The van der Waals surface area contributed by atoms with Gasteiger partial charge in [0.15, 0.2) is 5.13 Å². The molecule has 0 fully saturated rings. The average molecular weight is 365 g/mol. The summed E-state index contributed by atoms with van der Waals surface area (Å²) in [7, 11) is 1.78. The fraction of sp³-hybridized carbons (Fsp3) is 0.150. The number of aromatic nitrogens is 1. The summed E-state index contributed by atoms with van der Waals surface area (Å²) in [6.07, 6.45) is 0.209. The van der Waals surface area contributed by atoms with Gasteiger partial charge in [0, 0.05) is 24.5 Å². The van der Waals surface area contributed by atoms with E-state index in [9.17, 15) is 9.59 Å². The van der Waals surface area contributed by atoms with Crippen LogP contribution in [0.4, 0.5) is 5.13 Å². The Hall–Kier alpha value is -2.99. The van der Waals surface area contributed by atoms with Crippen LogP contribution in [0.5, 0.6) is 0 Å². The first-order valence-electron chi connectivity index (χ1n) is 8.20. The van der Waals surface area contributed by atoms with Crippen molar-refractivity contribution in [3.05, 3.63) is 82.9 Å². The van der Waals surface area contributed by atoms with Crippen LogP contribution in [0, 0.1) is 0 Å². The van der Waals surface area contributed by atoms with Crippen LogP contribution in [0.2, 0.25) is 0 Å². The molecular weight excluding hydrogens is 346 g/mol. The molecule has 0 spiro atoms. The highest BCUT2D eigenvalue weighted by molar-refractivity contribution is 7.14. The maximum atomic E-state index is 12.4. The Kier molecular flexibility index (Phi) is 5.76. The average Bonchev–Trinajstić information content (AvgIpc) is 3.10. The van der Waals surface area contributed by atoms with Crippen LogP contribution in [0.15, 0.2) is 66.0 Å². The fourth-order valence-electron chi connectivity index (χ4n) is 2.44. The lowest BCUT2D eigenvalue weighted by Gasteiger charge is -2.16. The molecule has 5 nitrogen and oxygen atoms in total. The third kappa shape index (κ3) is 4.77. The minimum atomic E-state index is -0.209. The first-order valence-corrected chi connectivity index (χ1v) is 9.08. The number of nitrogens with one attached hydrogen (secondary N) is 1. The minimum Gasteiger partial charge on any atom is -0.341 e. The molecule has 1 N–H and O–H groups in total. The fourth-order valence-corrected chi connectivity index (χ4v) is 3.15.